The van der Waals surface area contributed by atoms with Gasteiger partial charge < -0.3 is 4.57 Å². The standard InChI is InChI=1S/C15H13N5/c1-9-6-12(10(2)19-18-9)15-17-13-7-11(8-16)4-5-14(13)20(15)3/h4-7H,1-3H3. The number of imidazole rings is 1. The Labute approximate surface area is 116 Å². The van der Waals surface area contributed by atoms with Gasteiger partial charge in [0.2, 0.25) is 0 Å². The van der Waals surface area contributed by atoms with Gasteiger partial charge in [-0.2, -0.15) is 15.5 Å². The highest BCUT2D eigenvalue weighted by Crippen LogP contribution is 2.26. The van der Waals surface area contributed by atoms with Crippen LogP contribution in [-0.4, -0.2) is 19.7 Å². The average molecular weight is 263 g/mol. The van der Waals surface area contributed by atoms with Gasteiger partial charge in [-0.3, -0.25) is 0 Å². The lowest BCUT2D eigenvalue weighted by Gasteiger charge is -2.05. The van der Waals surface area contributed by atoms with Crippen molar-refractivity contribution in [2.45, 2.75) is 13.8 Å². The molecule has 0 saturated heterocycles. The lowest BCUT2D eigenvalue weighted by molar-refractivity contribution is 0.915. The third-order valence-corrected chi connectivity index (χ3v) is 3.35. The second-order valence-electron chi connectivity index (χ2n) is 4.79. The van der Waals surface area contributed by atoms with E-state index in [1.165, 1.54) is 0 Å². The van der Waals surface area contributed by atoms with Crippen molar-refractivity contribution in [2.75, 3.05) is 0 Å². The van der Waals surface area contributed by atoms with Gasteiger partial charge in [0.25, 0.3) is 0 Å². The summed E-state index contributed by atoms with van der Waals surface area (Å²) in [5, 5.41) is 17.2. The van der Waals surface area contributed by atoms with Crippen LogP contribution in [0.2, 0.25) is 0 Å². The zero-order valence-electron chi connectivity index (χ0n) is 11.5. The number of benzene rings is 1. The first-order valence-corrected chi connectivity index (χ1v) is 6.28. The summed E-state index contributed by atoms with van der Waals surface area (Å²) in [7, 11) is 1.96. The number of nitriles is 1. The quantitative estimate of drug-likeness (QED) is 0.676. The van der Waals surface area contributed by atoms with Crippen LogP contribution in [0.25, 0.3) is 22.4 Å². The Kier molecular flexibility index (Phi) is 2.72. The van der Waals surface area contributed by atoms with Gasteiger partial charge in [0.1, 0.15) is 5.82 Å². The Balaban J connectivity index is 2.29. The smallest absolute Gasteiger partial charge is 0.142 e. The van der Waals surface area contributed by atoms with Crippen molar-refractivity contribution in [3.8, 4) is 17.5 Å². The van der Waals surface area contributed by atoms with Gasteiger partial charge in [0, 0.05) is 12.6 Å². The Morgan fingerprint density at radius 1 is 1.15 bits per heavy atom. The summed E-state index contributed by atoms with van der Waals surface area (Å²) in [6.07, 6.45) is 0. The minimum atomic E-state index is 0.614. The van der Waals surface area contributed by atoms with Crippen molar-refractivity contribution >= 4 is 11.0 Å². The first-order chi connectivity index (χ1) is 9.60. The molecule has 0 aliphatic heterocycles. The SMILES string of the molecule is Cc1cc(-c2nc3cc(C#N)ccc3n2C)c(C)nn1. The van der Waals surface area contributed by atoms with Crippen LogP contribution in [0.5, 0.6) is 0 Å². The summed E-state index contributed by atoms with van der Waals surface area (Å²) < 4.78 is 2.01. The van der Waals surface area contributed by atoms with E-state index >= 15 is 0 Å². The summed E-state index contributed by atoms with van der Waals surface area (Å²) >= 11 is 0. The Morgan fingerprint density at radius 2 is 1.95 bits per heavy atom. The average Bonchev–Trinajstić information content (AvgIpc) is 2.78. The molecule has 0 atom stereocenters. The minimum Gasteiger partial charge on any atom is -0.327 e. The van der Waals surface area contributed by atoms with Crippen LogP contribution in [-0.2, 0) is 7.05 Å². The van der Waals surface area contributed by atoms with Crippen molar-refractivity contribution in [3.63, 3.8) is 0 Å². The van der Waals surface area contributed by atoms with Crippen LogP contribution in [0, 0.1) is 25.2 Å². The molecule has 5 nitrogen and oxygen atoms in total. The first kappa shape index (κ1) is 12.3. The predicted molar refractivity (Wildman–Crippen MR) is 75.9 cm³/mol. The topological polar surface area (TPSA) is 67.4 Å². The molecule has 3 aromatic rings. The van der Waals surface area contributed by atoms with Crippen LogP contribution in [0.15, 0.2) is 24.3 Å². The second kappa shape index (κ2) is 4.42. The van der Waals surface area contributed by atoms with Gasteiger partial charge in [-0.05, 0) is 38.1 Å². The van der Waals surface area contributed by atoms with Crippen molar-refractivity contribution in [1.29, 1.82) is 5.26 Å². The number of nitrogens with zero attached hydrogens (tertiary/aromatic N) is 5. The number of fused-ring (bicyclic) bond motifs is 1. The molecule has 1 aromatic carbocycles. The van der Waals surface area contributed by atoms with Gasteiger partial charge in [0.15, 0.2) is 0 Å². The summed E-state index contributed by atoms with van der Waals surface area (Å²) in [5.41, 5.74) is 5.09. The van der Waals surface area contributed by atoms with Gasteiger partial charge in [0.05, 0.1) is 34.1 Å². The molecule has 98 valence electrons. The molecule has 0 N–H and O–H groups in total. The number of rotatable bonds is 1. The predicted octanol–water partition coefficient (Wildman–Crippen LogP) is 2.52. The number of hydrogen-bond donors (Lipinski definition) is 0. The molecule has 0 bridgehead atoms. The van der Waals surface area contributed by atoms with E-state index in [2.05, 4.69) is 21.3 Å². The lowest BCUT2D eigenvalue weighted by atomic mass is 10.2. The molecule has 0 unspecified atom stereocenters. The highest BCUT2D eigenvalue weighted by atomic mass is 15.1. The third-order valence-electron chi connectivity index (χ3n) is 3.35. The summed E-state index contributed by atoms with van der Waals surface area (Å²) in [6, 6.07) is 9.64. The molecule has 20 heavy (non-hydrogen) atoms. The zero-order valence-corrected chi connectivity index (χ0v) is 11.5. The maximum Gasteiger partial charge on any atom is 0.142 e. The number of aryl methyl sites for hydroxylation is 3. The molecule has 0 aliphatic carbocycles. The molecule has 2 heterocycles. The van der Waals surface area contributed by atoms with Gasteiger partial charge in [-0.25, -0.2) is 4.98 Å². The Morgan fingerprint density at radius 3 is 2.70 bits per heavy atom. The normalized spacial score (nSPS) is 10.7. The Hall–Kier alpha value is -2.74. The van der Waals surface area contributed by atoms with E-state index in [1.54, 1.807) is 12.1 Å². The van der Waals surface area contributed by atoms with E-state index in [-0.39, 0.29) is 0 Å². The van der Waals surface area contributed by atoms with Crippen molar-refractivity contribution in [3.05, 3.63) is 41.2 Å². The van der Waals surface area contributed by atoms with Gasteiger partial charge in [-0.1, -0.05) is 0 Å². The van der Waals surface area contributed by atoms with Crippen molar-refractivity contribution in [2.24, 2.45) is 7.05 Å². The molecule has 0 radical (unpaired) electrons. The van der Waals surface area contributed by atoms with E-state index in [0.717, 1.165) is 33.8 Å². The van der Waals surface area contributed by atoms with Gasteiger partial charge in [-0.15, -0.1) is 0 Å². The molecule has 0 spiro atoms. The fourth-order valence-electron chi connectivity index (χ4n) is 2.29. The fraction of sp³-hybridized carbons (Fsp3) is 0.200. The van der Waals surface area contributed by atoms with E-state index in [4.69, 9.17) is 5.26 Å². The summed E-state index contributed by atoms with van der Waals surface area (Å²) in [4.78, 5) is 4.64. The number of aromatic nitrogens is 4. The van der Waals surface area contributed by atoms with E-state index in [0.29, 0.717) is 5.56 Å². The lowest BCUT2D eigenvalue weighted by Crippen LogP contribution is -1.99. The highest BCUT2D eigenvalue weighted by Gasteiger charge is 2.13. The first-order valence-electron chi connectivity index (χ1n) is 6.28. The highest BCUT2D eigenvalue weighted by molar-refractivity contribution is 5.82. The monoisotopic (exact) mass is 263 g/mol. The molecule has 3 rings (SSSR count). The van der Waals surface area contributed by atoms with E-state index in [1.807, 2.05) is 37.6 Å². The van der Waals surface area contributed by atoms with Crippen LogP contribution in [0.3, 0.4) is 0 Å². The van der Waals surface area contributed by atoms with E-state index < -0.39 is 0 Å². The Bertz CT molecular complexity index is 855. The summed E-state index contributed by atoms with van der Waals surface area (Å²) in [5.74, 6) is 0.839. The zero-order chi connectivity index (χ0) is 14.3. The molecule has 0 amide bonds. The minimum absolute atomic E-state index is 0.614. The van der Waals surface area contributed by atoms with E-state index in [9.17, 15) is 0 Å². The van der Waals surface area contributed by atoms with Crippen LogP contribution < -0.4 is 0 Å². The maximum atomic E-state index is 8.97. The van der Waals surface area contributed by atoms with Crippen LogP contribution in [0.4, 0.5) is 0 Å². The largest absolute Gasteiger partial charge is 0.327 e. The molecule has 0 aliphatic rings. The molecular weight excluding hydrogens is 250 g/mol. The van der Waals surface area contributed by atoms with Gasteiger partial charge >= 0.3 is 0 Å². The van der Waals surface area contributed by atoms with Crippen LogP contribution in [0.1, 0.15) is 17.0 Å². The molecule has 5 heteroatoms. The maximum absolute atomic E-state index is 8.97. The van der Waals surface area contributed by atoms with Crippen molar-refractivity contribution < 1.29 is 0 Å². The molecular formula is C15H13N5. The molecule has 0 saturated carbocycles. The number of hydrogen-bond acceptors (Lipinski definition) is 4. The second-order valence-corrected chi connectivity index (χ2v) is 4.79. The fourth-order valence-corrected chi connectivity index (χ4v) is 2.29. The molecule has 0 fully saturated rings. The third kappa shape index (κ3) is 1.82. The van der Waals surface area contributed by atoms with Crippen LogP contribution >= 0.6 is 0 Å². The summed E-state index contributed by atoms with van der Waals surface area (Å²) in [6.45, 7) is 3.83. The molecule has 2 aromatic heterocycles. The van der Waals surface area contributed by atoms with Crippen molar-refractivity contribution in [1.82, 2.24) is 19.7 Å².